The fraction of sp³-hybridized carbons (Fsp3) is 0.889. The minimum Gasteiger partial charge on any atom is -0.467 e. The quantitative estimate of drug-likeness (QED) is 0.636. The van der Waals surface area contributed by atoms with E-state index in [2.05, 4.69) is 4.74 Å². The molecule has 0 radical (unpaired) electrons. The van der Waals surface area contributed by atoms with E-state index in [4.69, 9.17) is 5.11 Å². The van der Waals surface area contributed by atoms with E-state index < -0.39 is 47.9 Å². The van der Waals surface area contributed by atoms with E-state index in [0.29, 0.717) is 7.11 Å². The number of aliphatic hydroxyl groups excluding tert-OH is 1. The van der Waals surface area contributed by atoms with Gasteiger partial charge in [-0.2, -0.15) is 35.1 Å². The van der Waals surface area contributed by atoms with Gasteiger partial charge in [0.05, 0.1) is 7.11 Å². The molecule has 0 saturated heterocycles. The Kier molecular flexibility index (Phi) is 3.74. The fourth-order valence-electron chi connectivity index (χ4n) is 1.83. The van der Waals surface area contributed by atoms with Gasteiger partial charge in [0.1, 0.15) is 0 Å². The van der Waals surface area contributed by atoms with Gasteiger partial charge in [0.25, 0.3) is 5.67 Å². The van der Waals surface area contributed by atoms with E-state index in [1.54, 1.807) is 0 Å². The van der Waals surface area contributed by atoms with Crippen molar-refractivity contribution in [3.05, 3.63) is 0 Å². The first kappa shape index (κ1) is 17.9. The average molecular weight is 334 g/mol. The summed E-state index contributed by atoms with van der Waals surface area (Å²) < 4.78 is 121. The van der Waals surface area contributed by atoms with Crippen LogP contribution < -0.4 is 0 Å². The molecule has 1 rings (SSSR count). The van der Waals surface area contributed by atoms with Crippen LogP contribution in [0.3, 0.4) is 0 Å². The van der Waals surface area contributed by atoms with E-state index in [1.807, 2.05) is 0 Å². The summed E-state index contributed by atoms with van der Waals surface area (Å²) in [6.07, 6.45) is -5.77. The van der Waals surface area contributed by atoms with Crippen LogP contribution in [0.4, 0.5) is 39.5 Å². The Morgan fingerprint density at radius 1 is 0.905 bits per heavy atom. The third-order valence-electron chi connectivity index (χ3n) is 3.13. The molecule has 1 fully saturated rings. The number of carbonyl (C=O) groups excluding carboxylic acids is 1. The van der Waals surface area contributed by atoms with Crippen LogP contribution in [-0.2, 0) is 9.53 Å². The van der Waals surface area contributed by atoms with Crippen LogP contribution >= 0.6 is 0 Å². The largest absolute Gasteiger partial charge is 0.467 e. The Morgan fingerprint density at radius 3 is 1.52 bits per heavy atom. The number of carbonyl (C=O) groups is 1. The fourth-order valence-corrected chi connectivity index (χ4v) is 1.83. The lowest BCUT2D eigenvalue weighted by Crippen LogP contribution is -2.57. The summed E-state index contributed by atoms with van der Waals surface area (Å²) in [5.74, 6) is -28.5. The topological polar surface area (TPSA) is 46.5 Å². The smallest absolute Gasteiger partial charge is 0.381 e. The third-order valence-corrected chi connectivity index (χ3v) is 3.13. The number of rotatable bonds is 3. The highest BCUT2D eigenvalue weighted by molar-refractivity contribution is 5.74. The van der Waals surface area contributed by atoms with Crippen LogP contribution in [-0.4, -0.2) is 53.6 Å². The maximum absolute atomic E-state index is 13.8. The zero-order valence-electron chi connectivity index (χ0n) is 9.95. The molecule has 1 aliphatic rings. The lowest BCUT2D eigenvalue weighted by molar-refractivity contribution is -0.303. The van der Waals surface area contributed by atoms with Gasteiger partial charge < -0.3 is 9.84 Å². The summed E-state index contributed by atoms with van der Waals surface area (Å²) in [4.78, 5) is 10.7. The molecule has 0 heterocycles. The third kappa shape index (κ3) is 1.77. The molecule has 0 amide bonds. The van der Waals surface area contributed by atoms with Crippen molar-refractivity contribution < 1.29 is 54.2 Å². The van der Waals surface area contributed by atoms with Gasteiger partial charge in [0, 0.05) is 6.42 Å². The Balaban J connectivity index is 3.42. The normalized spacial score (nSPS) is 28.9. The number of hydrogen-bond donors (Lipinski definition) is 1. The predicted octanol–water partition coefficient (Wildman–Crippen LogP) is 2.17. The monoisotopic (exact) mass is 334 g/mol. The molecule has 1 aliphatic carbocycles. The van der Waals surface area contributed by atoms with E-state index in [-0.39, 0.29) is 0 Å². The molecule has 1 N–H and O–H groups in total. The van der Waals surface area contributed by atoms with Gasteiger partial charge in [0.15, 0.2) is 6.10 Å². The number of hydrogen-bond acceptors (Lipinski definition) is 3. The van der Waals surface area contributed by atoms with Crippen molar-refractivity contribution in [2.45, 2.75) is 41.9 Å². The van der Waals surface area contributed by atoms with Crippen LogP contribution in [0.1, 0.15) is 6.42 Å². The SMILES string of the molecule is COC(=O)C(O)CC1(F)C(F)(F)C(F)(F)C(F)(F)C1(F)F. The molecule has 1 atom stereocenters. The van der Waals surface area contributed by atoms with E-state index >= 15 is 0 Å². The molecule has 0 aromatic heterocycles. The number of aliphatic hydroxyl groups is 1. The van der Waals surface area contributed by atoms with Crippen LogP contribution in [0.25, 0.3) is 0 Å². The summed E-state index contributed by atoms with van der Waals surface area (Å²) in [6.45, 7) is 0. The molecule has 0 spiro atoms. The molecule has 0 bridgehead atoms. The number of halogens is 9. The van der Waals surface area contributed by atoms with Crippen molar-refractivity contribution in [3.63, 3.8) is 0 Å². The zero-order chi connectivity index (χ0) is 17.1. The highest BCUT2D eigenvalue weighted by Crippen LogP contribution is 2.70. The van der Waals surface area contributed by atoms with Crippen LogP contribution in [0.2, 0.25) is 0 Å². The van der Waals surface area contributed by atoms with Gasteiger partial charge in [-0.05, 0) is 0 Å². The number of esters is 1. The molecule has 0 aromatic carbocycles. The van der Waals surface area contributed by atoms with Crippen molar-refractivity contribution in [1.82, 2.24) is 0 Å². The van der Waals surface area contributed by atoms with Crippen molar-refractivity contribution in [1.29, 1.82) is 0 Å². The van der Waals surface area contributed by atoms with E-state index in [0.717, 1.165) is 0 Å². The Morgan fingerprint density at radius 2 is 1.24 bits per heavy atom. The number of alkyl halides is 9. The predicted molar refractivity (Wildman–Crippen MR) is 46.3 cm³/mol. The van der Waals surface area contributed by atoms with Crippen LogP contribution in [0.5, 0.6) is 0 Å². The van der Waals surface area contributed by atoms with Gasteiger partial charge in [-0.25, -0.2) is 9.18 Å². The van der Waals surface area contributed by atoms with Crippen molar-refractivity contribution in [3.8, 4) is 0 Å². The van der Waals surface area contributed by atoms with Crippen molar-refractivity contribution >= 4 is 5.97 Å². The van der Waals surface area contributed by atoms with E-state index in [9.17, 15) is 44.3 Å². The van der Waals surface area contributed by atoms with Crippen molar-refractivity contribution in [2.75, 3.05) is 7.11 Å². The second-order valence-corrected chi connectivity index (χ2v) is 4.34. The van der Waals surface area contributed by atoms with Crippen LogP contribution in [0.15, 0.2) is 0 Å². The van der Waals surface area contributed by atoms with Gasteiger partial charge >= 0.3 is 29.7 Å². The Bertz CT molecular complexity index is 422. The molecular formula is C9H7F9O3. The second-order valence-electron chi connectivity index (χ2n) is 4.34. The number of methoxy groups -OCH3 is 1. The zero-order valence-corrected chi connectivity index (χ0v) is 9.95. The van der Waals surface area contributed by atoms with E-state index in [1.165, 1.54) is 0 Å². The number of ether oxygens (including phenoxy) is 1. The molecule has 124 valence electrons. The highest BCUT2D eigenvalue weighted by Gasteiger charge is 3.00. The molecule has 12 heteroatoms. The van der Waals surface area contributed by atoms with Gasteiger partial charge in [-0.15, -0.1) is 0 Å². The molecule has 0 aromatic rings. The molecule has 3 nitrogen and oxygen atoms in total. The Hall–Kier alpha value is -1.20. The minimum atomic E-state index is -6.73. The lowest BCUT2D eigenvalue weighted by Gasteiger charge is -2.31. The second kappa shape index (κ2) is 4.40. The van der Waals surface area contributed by atoms with Gasteiger partial charge in [-0.1, -0.05) is 0 Å². The van der Waals surface area contributed by atoms with Crippen molar-refractivity contribution in [2.24, 2.45) is 0 Å². The first-order valence-electron chi connectivity index (χ1n) is 5.08. The summed E-state index contributed by atoms with van der Waals surface area (Å²) in [7, 11) is 0.532. The van der Waals surface area contributed by atoms with Gasteiger partial charge in [-0.3, -0.25) is 0 Å². The maximum Gasteiger partial charge on any atom is 0.381 e. The highest BCUT2D eigenvalue weighted by atomic mass is 19.4. The standard InChI is InChI=1S/C9H7F9O3/c1-21-4(20)3(19)2-5(10)6(11,12)8(15,16)9(17,18)7(5,13)14/h3,19H,2H2,1H3. The first-order chi connectivity index (χ1) is 9.12. The summed E-state index contributed by atoms with van der Waals surface area (Å²) >= 11 is 0. The summed E-state index contributed by atoms with van der Waals surface area (Å²) in [5.41, 5.74) is -5.86. The minimum absolute atomic E-state index is 0.532. The lowest BCUT2D eigenvalue weighted by atomic mass is 9.90. The molecule has 1 saturated carbocycles. The average Bonchev–Trinajstić information content (AvgIpc) is 2.39. The summed E-state index contributed by atoms with van der Waals surface area (Å²) in [5, 5.41) is 8.88. The maximum atomic E-state index is 13.8. The first-order valence-corrected chi connectivity index (χ1v) is 5.08. The molecule has 1 unspecified atom stereocenters. The summed E-state index contributed by atoms with van der Waals surface area (Å²) in [6, 6.07) is 0. The molecule has 0 aliphatic heterocycles. The van der Waals surface area contributed by atoms with Crippen LogP contribution in [0, 0.1) is 0 Å². The van der Waals surface area contributed by atoms with Gasteiger partial charge in [0.2, 0.25) is 0 Å². The Labute approximate surface area is 110 Å². The molecule has 21 heavy (non-hydrogen) atoms. The molecular weight excluding hydrogens is 327 g/mol.